The molecule has 0 aliphatic carbocycles. The third-order valence-electron chi connectivity index (χ3n) is 3.29. The number of aliphatic imine (C=N–C) groups is 1. The van der Waals surface area contributed by atoms with Gasteiger partial charge in [0.25, 0.3) is 0 Å². The van der Waals surface area contributed by atoms with E-state index in [-0.39, 0.29) is 29.9 Å². The van der Waals surface area contributed by atoms with Crippen LogP contribution in [-0.4, -0.2) is 51.1 Å². The second kappa shape index (κ2) is 16.6. The van der Waals surface area contributed by atoms with Crippen molar-refractivity contribution in [1.82, 2.24) is 10.2 Å². The molecule has 0 fully saturated rings. The van der Waals surface area contributed by atoms with Gasteiger partial charge >= 0.3 is 5.97 Å². The molecule has 0 aromatic heterocycles. The van der Waals surface area contributed by atoms with Crippen molar-refractivity contribution in [3.63, 3.8) is 0 Å². The summed E-state index contributed by atoms with van der Waals surface area (Å²) >= 11 is 0. The molecule has 0 unspecified atom stereocenters. The van der Waals surface area contributed by atoms with Gasteiger partial charge in [0.1, 0.15) is 0 Å². The average molecular weight is 425 g/mol. The number of methoxy groups -OCH3 is 1. The van der Waals surface area contributed by atoms with Crippen molar-refractivity contribution in [2.75, 3.05) is 34.3 Å². The molecule has 0 saturated carbocycles. The van der Waals surface area contributed by atoms with Gasteiger partial charge in [0, 0.05) is 33.6 Å². The number of rotatable bonds is 11. The maximum atomic E-state index is 10.9. The number of nitrogens with one attached hydrogen (secondary N) is 1. The van der Waals surface area contributed by atoms with E-state index in [9.17, 15) is 4.79 Å². The molecule has 0 saturated heterocycles. The Balaban J connectivity index is 0. The lowest BCUT2D eigenvalue weighted by molar-refractivity contribution is -0.140. The Hall–Kier alpha value is -0.790. The molecular weight excluding hydrogens is 393 g/mol. The Bertz CT molecular complexity index is 323. The van der Waals surface area contributed by atoms with Crippen molar-refractivity contribution < 1.29 is 9.53 Å². The maximum Gasteiger partial charge on any atom is 0.305 e. The third kappa shape index (κ3) is 12.9. The highest BCUT2D eigenvalue weighted by molar-refractivity contribution is 14.0. The second-order valence-electron chi connectivity index (χ2n) is 5.07. The van der Waals surface area contributed by atoms with Crippen molar-refractivity contribution in [1.29, 1.82) is 0 Å². The summed E-state index contributed by atoms with van der Waals surface area (Å²) in [6.45, 7) is 5.62. The summed E-state index contributed by atoms with van der Waals surface area (Å²) in [6, 6.07) is 0. The van der Waals surface area contributed by atoms with Crippen LogP contribution in [0.3, 0.4) is 0 Å². The molecular formula is C16H32IN3O2. The Morgan fingerprint density at radius 3 is 2.55 bits per heavy atom. The summed E-state index contributed by atoms with van der Waals surface area (Å²) < 4.78 is 4.61. The van der Waals surface area contributed by atoms with Crippen LogP contribution in [0, 0.1) is 0 Å². The van der Waals surface area contributed by atoms with E-state index in [1.54, 1.807) is 0 Å². The Kier molecular flexibility index (Phi) is 17.7. The van der Waals surface area contributed by atoms with Crippen LogP contribution >= 0.6 is 24.0 Å². The molecule has 0 spiro atoms. The van der Waals surface area contributed by atoms with Crippen LogP contribution in [0.4, 0.5) is 0 Å². The zero-order valence-electron chi connectivity index (χ0n) is 14.3. The monoisotopic (exact) mass is 425 g/mol. The molecule has 0 aliphatic rings. The minimum Gasteiger partial charge on any atom is -0.469 e. The normalized spacial score (nSPS) is 10.6. The van der Waals surface area contributed by atoms with Crippen LogP contribution in [0.5, 0.6) is 0 Å². The highest BCUT2D eigenvalue weighted by Gasteiger charge is 2.04. The molecule has 1 N–H and O–H groups in total. The smallest absolute Gasteiger partial charge is 0.305 e. The maximum absolute atomic E-state index is 10.9. The van der Waals surface area contributed by atoms with Crippen molar-refractivity contribution in [2.24, 2.45) is 4.99 Å². The van der Waals surface area contributed by atoms with Crippen LogP contribution in [0.15, 0.2) is 17.6 Å². The number of hydrogen-bond acceptors (Lipinski definition) is 3. The quantitative estimate of drug-likeness (QED) is 0.138. The van der Waals surface area contributed by atoms with E-state index in [1.807, 2.05) is 13.1 Å². The third-order valence-corrected chi connectivity index (χ3v) is 3.29. The summed E-state index contributed by atoms with van der Waals surface area (Å²) in [5, 5.41) is 3.37. The van der Waals surface area contributed by atoms with Gasteiger partial charge in [-0.05, 0) is 25.7 Å². The SMILES string of the molecule is C=CCCCN(C)C(=NC)NCCCCCCC(=O)OC.I. The number of allylic oxidation sites excluding steroid dienone is 1. The predicted molar refractivity (Wildman–Crippen MR) is 104 cm³/mol. The standard InChI is InChI=1S/C16H31N3O2.HI/c1-5-6-11-14-19(3)16(17-2)18-13-10-8-7-9-12-15(20)21-4;/h5H,1,6-14H2,2-4H3,(H,17,18);1H. The highest BCUT2D eigenvalue weighted by atomic mass is 127. The summed E-state index contributed by atoms with van der Waals surface area (Å²) in [4.78, 5) is 17.4. The zero-order valence-corrected chi connectivity index (χ0v) is 16.6. The van der Waals surface area contributed by atoms with Gasteiger partial charge in [-0.15, -0.1) is 30.6 Å². The van der Waals surface area contributed by atoms with Crippen LogP contribution in [-0.2, 0) is 9.53 Å². The van der Waals surface area contributed by atoms with E-state index in [0.717, 1.165) is 57.6 Å². The molecule has 5 nitrogen and oxygen atoms in total. The van der Waals surface area contributed by atoms with Crippen LogP contribution < -0.4 is 5.32 Å². The number of nitrogens with zero attached hydrogens (tertiary/aromatic N) is 2. The molecule has 0 aromatic rings. The summed E-state index contributed by atoms with van der Waals surface area (Å²) in [6.07, 6.45) is 8.75. The molecule has 0 aliphatic heterocycles. The number of unbranched alkanes of at least 4 members (excludes halogenated alkanes) is 4. The number of ether oxygens (including phenoxy) is 1. The molecule has 0 aromatic carbocycles. The van der Waals surface area contributed by atoms with E-state index in [1.165, 1.54) is 7.11 Å². The number of carbonyl (C=O) groups is 1. The first-order valence-corrected chi connectivity index (χ1v) is 7.75. The first kappa shape index (κ1) is 23.5. The molecule has 0 bridgehead atoms. The van der Waals surface area contributed by atoms with Gasteiger partial charge < -0.3 is 15.0 Å². The van der Waals surface area contributed by atoms with E-state index in [2.05, 4.69) is 33.6 Å². The van der Waals surface area contributed by atoms with Crippen LogP contribution in [0.25, 0.3) is 0 Å². The molecule has 0 atom stereocenters. The molecule has 6 heteroatoms. The lowest BCUT2D eigenvalue weighted by Gasteiger charge is -2.21. The molecule has 0 radical (unpaired) electrons. The lowest BCUT2D eigenvalue weighted by atomic mass is 10.1. The summed E-state index contributed by atoms with van der Waals surface area (Å²) in [5.41, 5.74) is 0. The average Bonchev–Trinajstić information content (AvgIpc) is 2.49. The van der Waals surface area contributed by atoms with Crippen molar-refractivity contribution in [2.45, 2.75) is 44.9 Å². The second-order valence-corrected chi connectivity index (χ2v) is 5.07. The van der Waals surface area contributed by atoms with Gasteiger partial charge in [-0.3, -0.25) is 9.79 Å². The molecule has 0 rings (SSSR count). The van der Waals surface area contributed by atoms with Crippen LogP contribution in [0.2, 0.25) is 0 Å². The van der Waals surface area contributed by atoms with E-state index in [0.29, 0.717) is 6.42 Å². The fourth-order valence-corrected chi connectivity index (χ4v) is 2.01. The van der Waals surface area contributed by atoms with Gasteiger partial charge in [0.05, 0.1) is 7.11 Å². The van der Waals surface area contributed by atoms with Gasteiger partial charge in [0.2, 0.25) is 0 Å². The Morgan fingerprint density at radius 1 is 1.27 bits per heavy atom. The first-order valence-electron chi connectivity index (χ1n) is 7.75. The topological polar surface area (TPSA) is 53.9 Å². The van der Waals surface area contributed by atoms with Gasteiger partial charge in [-0.25, -0.2) is 0 Å². The minimum atomic E-state index is -0.116. The fraction of sp³-hybridized carbons (Fsp3) is 0.750. The van der Waals surface area contributed by atoms with Crippen molar-refractivity contribution >= 4 is 35.9 Å². The Morgan fingerprint density at radius 2 is 1.95 bits per heavy atom. The molecule has 22 heavy (non-hydrogen) atoms. The zero-order chi connectivity index (χ0) is 15.9. The van der Waals surface area contributed by atoms with E-state index in [4.69, 9.17) is 0 Å². The number of esters is 1. The number of carbonyl (C=O) groups excluding carboxylic acids is 1. The van der Waals surface area contributed by atoms with Crippen LogP contribution in [0.1, 0.15) is 44.9 Å². The summed E-state index contributed by atoms with van der Waals surface area (Å²) in [5.74, 6) is 0.822. The largest absolute Gasteiger partial charge is 0.469 e. The first-order chi connectivity index (χ1) is 10.2. The predicted octanol–water partition coefficient (Wildman–Crippen LogP) is 3.20. The summed E-state index contributed by atoms with van der Waals surface area (Å²) in [7, 11) is 5.29. The number of halogens is 1. The van der Waals surface area contributed by atoms with E-state index < -0.39 is 0 Å². The van der Waals surface area contributed by atoms with Crippen molar-refractivity contribution in [3.05, 3.63) is 12.7 Å². The number of hydrogen-bond donors (Lipinski definition) is 1. The Labute approximate surface area is 152 Å². The molecule has 0 amide bonds. The lowest BCUT2D eigenvalue weighted by Crippen LogP contribution is -2.39. The minimum absolute atomic E-state index is 0. The number of guanidine groups is 1. The van der Waals surface area contributed by atoms with Crippen molar-refractivity contribution in [3.8, 4) is 0 Å². The fourth-order valence-electron chi connectivity index (χ4n) is 2.01. The van der Waals surface area contributed by atoms with Gasteiger partial charge in [-0.2, -0.15) is 0 Å². The van der Waals surface area contributed by atoms with Gasteiger partial charge in [0.15, 0.2) is 5.96 Å². The highest BCUT2D eigenvalue weighted by Crippen LogP contribution is 2.03. The molecule has 0 heterocycles. The van der Waals surface area contributed by atoms with Gasteiger partial charge in [-0.1, -0.05) is 18.9 Å². The van der Waals surface area contributed by atoms with E-state index >= 15 is 0 Å². The molecule has 130 valence electrons.